The van der Waals surface area contributed by atoms with Gasteiger partial charge in [0.05, 0.1) is 32.8 Å². The second-order valence-corrected chi connectivity index (χ2v) is 11.1. The first-order valence-corrected chi connectivity index (χ1v) is 14.0. The fourth-order valence-electron chi connectivity index (χ4n) is 4.26. The number of nitrogens with zero attached hydrogens (tertiary/aromatic N) is 5. The Balaban J connectivity index is 1.36. The molecule has 0 bridgehead atoms. The van der Waals surface area contributed by atoms with E-state index in [9.17, 15) is 26.0 Å². The summed E-state index contributed by atoms with van der Waals surface area (Å²) in [6.07, 6.45) is -2.06. The third-order valence-electron chi connectivity index (χ3n) is 6.30. The molecule has 0 aliphatic heterocycles. The Morgan fingerprint density at radius 2 is 1.67 bits per heavy atom. The summed E-state index contributed by atoms with van der Waals surface area (Å²) in [7, 11) is -4.70. The van der Waals surface area contributed by atoms with Gasteiger partial charge in [0, 0.05) is 0 Å². The highest BCUT2D eigenvalue weighted by molar-refractivity contribution is 7.92. The summed E-state index contributed by atoms with van der Waals surface area (Å²) in [6, 6.07) is 13.8. The molecular weight excluding hydrogens is 617 g/mol. The van der Waals surface area contributed by atoms with Gasteiger partial charge in [-0.15, -0.1) is 0 Å². The van der Waals surface area contributed by atoms with Crippen LogP contribution in [0, 0.1) is 11.6 Å². The molecule has 0 saturated carbocycles. The number of para-hydroxylation sites is 2. The Hall–Kier alpha value is -4.89. The number of halogens is 6. The quantitative estimate of drug-likeness (QED) is 0.193. The van der Waals surface area contributed by atoms with Gasteiger partial charge < -0.3 is 5.32 Å². The van der Waals surface area contributed by atoms with Gasteiger partial charge in [-0.1, -0.05) is 23.7 Å². The molecule has 218 valence electrons. The number of alkyl halides is 3. The summed E-state index contributed by atoms with van der Waals surface area (Å²) < 4.78 is 98.8. The van der Waals surface area contributed by atoms with Crippen molar-refractivity contribution in [2.75, 3.05) is 10.0 Å². The van der Waals surface area contributed by atoms with Crippen LogP contribution in [0.25, 0.3) is 27.9 Å². The molecular formula is C27H15ClF5N7O2S. The number of imidazole rings is 1. The highest BCUT2D eigenvalue weighted by atomic mass is 35.5. The van der Waals surface area contributed by atoms with E-state index in [1.807, 2.05) is 29.0 Å². The molecule has 9 nitrogen and oxygen atoms in total. The third kappa shape index (κ3) is 5.28. The van der Waals surface area contributed by atoms with Crippen LogP contribution in [0.4, 0.5) is 39.1 Å². The van der Waals surface area contributed by atoms with Crippen LogP contribution in [0.2, 0.25) is 5.02 Å². The zero-order valence-corrected chi connectivity index (χ0v) is 22.8. The van der Waals surface area contributed by atoms with Crippen molar-refractivity contribution in [3.8, 4) is 5.82 Å². The minimum absolute atomic E-state index is 0.0974. The van der Waals surface area contributed by atoms with Crippen molar-refractivity contribution >= 4 is 60.9 Å². The van der Waals surface area contributed by atoms with Crippen molar-refractivity contribution in [1.29, 1.82) is 0 Å². The van der Waals surface area contributed by atoms with E-state index in [0.29, 0.717) is 35.1 Å². The molecule has 0 atom stereocenters. The molecule has 0 aliphatic rings. The molecule has 0 aliphatic carbocycles. The van der Waals surface area contributed by atoms with Gasteiger partial charge in [-0.25, -0.2) is 37.1 Å². The van der Waals surface area contributed by atoms with Gasteiger partial charge in [-0.2, -0.15) is 13.2 Å². The summed E-state index contributed by atoms with van der Waals surface area (Å²) >= 11 is 5.82. The fraction of sp³-hybridized carbons (Fsp3) is 0.0370. The number of nitrogens with one attached hydrogen (secondary N) is 2. The average molecular weight is 632 g/mol. The SMILES string of the molecule is O=S(=O)(Nc1ccc(F)c(Nc2ncnc3ccc(-n4cnc5ccccc54)nc23)c1F)c1ccc(C(F)(F)F)cc1Cl. The van der Waals surface area contributed by atoms with E-state index in [1.165, 1.54) is 0 Å². The topological polar surface area (TPSA) is 115 Å². The predicted octanol–water partition coefficient (Wildman–Crippen LogP) is 6.86. The van der Waals surface area contributed by atoms with Gasteiger partial charge >= 0.3 is 6.18 Å². The lowest BCUT2D eigenvalue weighted by molar-refractivity contribution is -0.137. The highest BCUT2D eigenvalue weighted by Crippen LogP contribution is 2.35. The van der Waals surface area contributed by atoms with Crippen molar-refractivity contribution in [1.82, 2.24) is 24.5 Å². The van der Waals surface area contributed by atoms with Crippen molar-refractivity contribution in [2.24, 2.45) is 0 Å². The number of hydrogen-bond acceptors (Lipinski definition) is 7. The van der Waals surface area contributed by atoms with Crippen LogP contribution in [0.5, 0.6) is 0 Å². The van der Waals surface area contributed by atoms with Crippen LogP contribution < -0.4 is 10.0 Å². The molecule has 0 spiro atoms. The monoisotopic (exact) mass is 631 g/mol. The Bertz CT molecular complexity index is 2160. The normalized spacial score (nSPS) is 12.1. The number of rotatable bonds is 6. The zero-order chi connectivity index (χ0) is 30.5. The van der Waals surface area contributed by atoms with Gasteiger partial charge in [-0.3, -0.25) is 9.29 Å². The highest BCUT2D eigenvalue weighted by Gasteiger charge is 2.32. The van der Waals surface area contributed by atoms with Crippen LogP contribution in [-0.2, 0) is 16.2 Å². The molecule has 0 fully saturated rings. The molecule has 0 unspecified atom stereocenters. The molecule has 0 saturated heterocycles. The van der Waals surface area contributed by atoms with E-state index in [2.05, 4.69) is 25.3 Å². The van der Waals surface area contributed by atoms with Crippen LogP contribution in [0.15, 0.2) is 84.3 Å². The van der Waals surface area contributed by atoms with Gasteiger partial charge in [0.1, 0.15) is 40.4 Å². The van der Waals surface area contributed by atoms with Crippen molar-refractivity contribution in [3.63, 3.8) is 0 Å². The first-order chi connectivity index (χ1) is 20.4. The number of sulfonamides is 1. The van der Waals surface area contributed by atoms with E-state index in [1.54, 1.807) is 23.0 Å². The summed E-state index contributed by atoms with van der Waals surface area (Å²) in [5.74, 6) is -2.15. The van der Waals surface area contributed by atoms with Gasteiger partial charge in [-0.05, 0) is 54.6 Å². The van der Waals surface area contributed by atoms with Crippen molar-refractivity contribution < 1.29 is 30.4 Å². The molecule has 6 rings (SSSR count). The molecule has 6 aromatic rings. The summed E-state index contributed by atoms with van der Waals surface area (Å²) in [5, 5.41) is 1.77. The van der Waals surface area contributed by atoms with Crippen molar-refractivity contribution in [2.45, 2.75) is 11.1 Å². The van der Waals surface area contributed by atoms with Crippen LogP contribution in [0.3, 0.4) is 0 Å². The third-order valence-corrected chi connectivity index (χ3v) is 8.14. The predicted molar refractivity (Wildman–Crippen MR) is 149 cm³/mol. The minimum Gasteiger partial charge on any atom is -0.333 e. The minimum atomic E-state index is -4.77. The van der Waals surface area contributed by atoms with Gasteiger partial charge in [0.2, 0.25) is 0 Å². The van der Waals surface area contributed by atoms with E-state index >= 15 is 4.39 Å². The molecule has 3 aromatic carbocycles. The Morgan fingerprint density at radius 3 is 2.44 bits per heavy atom. The van der Waals surface area contributed by atoms with Gasteiger partial charge in [0.25, 0.3) is 10.0 Å². The molecule has 3 aromatic heterocycles. The summed E-state index contributed by atoms with van der Waals surface area (Å²) in [5.41, 5.74) is -0.722. The number of pyridine rings is 1. The largest absolute Gasteiger partial charge is 0.416 e. The Kier molecular flexibility index (Phi) is 6.85. The number of fused-ring (bicyclic) bond motifs is 2. The first-order valence-electron chi connectivity index (χ1n) is 12.1. The van der Waals surface area contributed by atoms with Crippen LogP contribution in [-0.4, -0.2) is 32.9 Å². The number of hydrogen-bond donors (Lipinski definition) is 2. The molecule has 3 heterocycles. The lowest BCUT2D eigenvalue weighted by Crippen LogP contribution is -2.16. The van der Waals surface area contributed by atoms with Crippen LogP contribution >= 0.6 is 11.6 Å². The summed E-state index contributed by atoms with van der Waals surface area (Å²) in [6.45, 7) is 0. The Labute approximate surface area is 244 Å². The molecule has 43 heavy (non-hydrogen) atoms. The second-order valence-electron chi connectivity index (χ2n) is 9.02. The maximum Gasteiger partial charge on any atom is 0.416 e. The van der Waals surface area contributed by atoms with Gasteiger partial charge in [0.15, 0.2) is 11.6 Å². The molecule has 0 amide bonds. The molecule has 2 N–H and O–H groups in total. The van der Waals surface area contributed by atoms with Crippen molar-refractivity contribution in [3.05, 3.63) is 102 Å². The number of anilines is 3. The van der Waals surface area contributed by atoms with E-state index in [0.717, 1.165) is 24.0 Å². The standard InChI is InChI=1S/C27H15ClF5N7O2S/c28-15-11-14(27(31,32)33)5-9-21(15)43(41,42)39-18-7-6-16(29)24(23(18)30)38-26-25-19(34-12-35-26)8-10-22(37-25)40-13-36-17-3-1-2-4-20(17)40/h1-13,39H,(H,34,35,38). The average Bonchev–Trinajstić information content (AvgIpc) is 3.40. The zero-order valence-electron chi connectivity index (χ0n) is 21.2. The molecule has 0 radical (unpaired) electrons. The number of benzene rings is 3. The van der Waals surface area contributed by atoms with Crippen LogP contribution in [0.1, 0.15) is 5.56 Å². The second kappa shape index (κ2) is 10.4. The van der Waals surface area contributed by atoms with E-state index in [-0.39, 0.29) is 11.3 Å². The maximum atomic E-state index is 15.6. The lowest BCUT2D eigenvalue weighted by Gasteiger charge is -2.15. The lowest BCUT2D eigenvalue weighted by atomic mass is 10.2. The van der Waals surface area contributed by atoms with E-state index < -0.39 is 54.7 Å². The van der Waals surface area contributed by atoms with E-state index in [4.69, 9.17) is 11.6 Å². The Morgan fingerprint density at radius 1 is 0.884 bits per heavy atom. The molecule has 16 heteroatoms. The first kappa shape index (κ1) is 28.2. The maximum absolute atomic E-state index is 15.6. The summed E-state index contributed by atoms with van der Waals surface area (Å²) in [4.78, 5) is 16.4. The smallest absolute Gasteiger partial charge is 0.333 e. The fourth-order valence-corrected chi connectivity index (χ4v) is 5.86. The number of aromatic nitrogens is 5.